The van der Waals surface area contributed by atoms with Crippen LogP contribution >= 0.6 is 0 Å². The van der Waals surface area contributed by atoms with Crippen LogP contribution in [0.3, 0.4) is 0 Å². The fraction of sp³-hybridized carbons (Fsp3) is 0.929. The van der Waals surface area contributed by atoms with Crippen LogP contribution in [0.5, 0.6) is 0 Å². The summed E-state index contributed by atoms with van der Waals surface area (Å²) >= 11 is 0. The quantitative estimate of drug-likeness (QED) is 0.830. The van der Waals surface area contributed by atoms with Gasteiger partial charge < -0.3 is 15.0 Å². The lowest BCUT2D eigenvalue weighted by Crippen LogP contribution is -2.51. The standard InChI is InChI=1S/C14H25N3O2/c1-19-14(18)17-7-2-3-11(10-17)15-12-6-8-16(9-12)13-4-5-13/h11-13,15H,2-10H2,1H3/t11-,12+/m1/s1. The highest BCUT2D eigenvalue weighted by Gasteiger charge is 2.35. The van der Waals surface area contributed by atoms with Gasteiger partial charge in [-0.25, -0.2) is 4.79 Å². The Kier molecular flexibility index (Phi) is 3.93. The van der Waals surface area contributed by atoms with Crippen LogP contribution in [0.1, 0.15) is 32.1 Å². The smallest absolute Gasteiger partial charge is 0.409 e. The zero-order valence-corrected chi connectivity index (χ0v) is 11.8. The van der Waals surface area contributed by atoms with Gasteiger partial charge in [-0.1, -0.05) is 0 Å². The summed E-state index contributed by atoms with van der Waals surface area (Å²) in [5, 5.41) is 3.75. The summed E-state index contributed by atoms with van der Waals surface area (Å²) in [6, 6.07) is 1.94. The monoisotopic (exact) mass is 267 g/mol. The topological polar surface area (TPSA) is 44.8 Å². The molecule has 2 heterocycles. The van der Waals surface area contributed by atoms with Crippen molar-refractivity contribution in [1.82, 2.24) is 15.1 Å². The molecular formula is C14H25N3O2. The molecule has 0 bridgehead atoms. The van der Waals surface area contributed by atoms with Gasteiger partial charge in [0.1, 0.15) is 0 Å². The van der Waals surface area contributed by atoms with E-state index in [9.17, 15) is 4.79 Å². The number of nitrogens with one attached hydrogen (secondary N) is 1. The molecule has 0 aromatic carbocycles. The summed E-state index contributed by atoms with van der Waals surface area (Å²) < 4.78 is 4.82. The molecule has 1 N–H and O–H groups in total. The second-order valence-corrected chi connectivity index (χ2v) is 6.13. The maximum atomic E-state index is 11.6. The average molecular weight is 267 g/mol. The summed E-state index contributed by atoms with van der Waals surface area (Å²) in [6.45, 7) is 4.07. The molecule has 1 amide bonds. The average Bonchev–Trinajstić information content (AvgIpc) is 3.19. The molecule has 0 spiro atoms. The van der Waals surface area contributed by atoms with E-state index in [2.05, 4.69) is 10.2 Å². The molecule has 0 radical (unpaired) electrons. The number of amides is 1. The first-order chi connectivity index (χ1) is 9.26. The van der Waals surface area contributed by atoms with Crippen molar-refractivity contribution in [3.05, 3.63) is 0 Å². The SMILES string of the molecule is COC(=O)N1CCC[C@@H](N[C@H]2CCN(C3CC3)C2)C1. The van der Waals surface area contributed by atoms with E-state index < -0.39 is 0 Å². The first kappa shape index (κ1) is 13.2. The lowest BCUT2D eigenvalue weighted by atomic mass is 10.0. The molecule has 1 saturated carbocycles. The van der Waals surface area contributed by atoms with Gasteiger partial charge in [-0.05, 0) is 32.1 Å². The van der Waals surface area contributed by atoms with Crippen molar-refractivity contribution in [2.75, 3.05) is 33.3 Å². The highest BCUT2D eigenvalue weighted by atomic mass is 16.5. The van der Waals surface area contributed by atoms with Crippen LogP contribution in [-0.2, 0) is 4.74 Å². The van der Waals surface area contributed by atoms with Gasteiger partial charge >= 0.3 is 6.09 Å². The van der Waals surface area contributed by atoms with E-state index in [1.807, 2.05) is 4.90 Å². The van der Waals surface area contributed by atoms with E-state index in [4.69, 9.17) is 4.74 Å². The molecule has 19 heavy (non-hydrogen) atoms. The number of rotatable bonds is 3. The molecule has 0 unspecified atom stereocenters. The summed E-state index contributed by atoms with van der Waals surface area (Å²) in [5.41, 5.74) is 0. The van der Waals surface area contributed by atoms with Crippen LogP contribution < -0.4 is 5.32 Å². The second kappa shape index (κ2) is 5.67. The minimum atomic E-state index is -0.183. The Bertz CT molecular complexity index is 333. The first-order valence-electron chi connectivity index (χ1n) is 7.59. The third-order valence-corrected chi connectivity index (χ3v) is 4.61. The van der Waals surface area contributed by atoms with Gasteiger partial charge in [0.15, 0.2) is 0 Å². The van der Waals surface area contributed by atoms with Crippen LogP contribution in [0.25, 0.3) is 0 Å². The normalized spacial score (nSPS) is 32.6. The number of carbonyl (C=O) groups excluding carboxylic acids is 1. The molecule has 3 fully saturated rings. The van der Waals surface area contributed by atoms with Crippen LogP contribution in [0.4, 0.5) is 4.79 Å². The molecule has 0 aromatic rings. The Labute approximate surface area is 115 Å². The molecule has 2 saturated heterocycles. The van der Waals surface area contributed by atoms with E-state index >= 15 is 0 Å². The van der Waals surface area contributed by atoms with Gasteiger partial charge in [0.2, 0.25) is 0 Å². The molecule has 1 aliphatic carbocycles. The number of carbonyl (C=O) groups is 1. The van der Waals surface area contributed by atoms with Crippen LogP contribution in [-0.4, -0.2) is 67.3 Å². The highest BCUT2D eigenvalue weighted by molar-refractivity contribution is 5.67. The van der Waals surface area contributed by atoms with Crippen molar-refractivity contribution >= 4 is 6.09 Å². The van der Waals surface area contributed by atoms with E-state index in [-0.39, 0.29) is 6.09 Å². The molecule has 0 aromatic heterocycles. The van der Waals surface area contributed by atoms with Gasteiger partial charge in [-0.15, -0.1) is 0 Å². The second-order valence-electron chi connectivity index (χ2n) is 6.13. The predicted molar refractivity (Wildman–Crippen MR) is 73.1 cm³/mol. The molecule has 3 rings (SSSR count). The molecular weight excluding hydrogens is 242 g/mol. The molecule has 2 atom stereocenters. The van der Waals surface area contributed by atoms with Gasteiger partial charge in [-0.3, -0.25) is 4.90 Å². The predicted octanol–water partition coefficient (Wildman–Crippen LogP) is 1.04. The minimum Gasteiger partial charge on any atom is -0.453 e. The minimum absolute atomic E-state index is 0.183. The van der Waals surface area contributed by atoms with Crippen molar-refractivity contribution in [3.63, 3.8) is 0 Å². The fourth-order valence-electron chi connectivity index (χ4n) is 3.44. The van der Waals surface area contributed by atoms with Crippen molar-refractivity contribution in [1.29, 1.82) is 0 Å². The molecule has 5 nitrogen and oxygen atoms in total. The maximum Gasteiger partial charge on any atom is 0.409 e. The zero-order valence-electron chi connectivity index (χ0n) is 11.8. The Morgan fingerprint density at radius 2 is 1.89 bits per heavy atom. The molecule has 5 heteroatoms. The maximum absolute atomic E-state index is 11.6. The molecule has 2 aliphatic heterocycles. The number of methoxy groups -OCH3 is 1. The highest BCUT2D eigenvalue weighted by Crippen LogP contribution is 2.30. The largest absolute Gasteiger partial charge is 0.453 e. The number of piperidine rings is 1. The third-order valence-electron chi connectivity index (χ3n) is 4.61. The lowest BCUT2D eigenvalue weighted by Gasteiger charge is -2.33. The zero-order chi connectivity index (χ0) is 13.2. The van der Waals surface area contributed by atoms with Crippen molar-refractivity contribution < 1.29 is 9.53 Å². The van der Waals surface area contributed by atoms with E-state index in [0.29, 0.717) is 12.1 Å². The first-order valence-corrected chi connectivity index (χ1v) is 7.59. The Hall–Kier alpha value is -0.810. The summed E-state index contributed by atoms with van der Waals surface area (Å²) in [6.07, 6.45) is 6.11. The van der Waals surface area contributed by atoms with Gasteiger partial charge in [0.05, 0.1) is 7.11 Å². The van der Waals surface area contributed by atoms with Crippen LogP contribution in [0.15, 0.2) is 0 Å². The number of ether oxygens (including phenoxy) is 1. The Morgan fingerprint density at radius 1 is 1.11 bits per heavy atom. The Balaban J connectivity index is 1.45. The summed E-state index contributed by atoms with van der Waals surface area (Å²) in [4.78, 5) is 16.0. The number of nitrogens with zero attached hydrogens (tertiary/aromatic N) is 2. The Morgan fingerprint density at radius 3 is 2.63 bits per heavy atom. The lowest BCUT2D eigenvalue weighted by molar-refractivity contribution is 0.106. The van der Waals surface area contributed by atoms with Crippen LogP contribution in [0, 0.1) is 0 Å². The fourth-order valence-corrected chi connectivity index (χ4v) is 3.44. The van der Waals surface area contributed by atoms with Crippen molar-refractivity contribution in [2.45, 2.75) is 50.2 Å². The number of likely N-dealkylation sites (tertiary alicyclic amines) is 2. The summed E-state index contributed by atoms with van der Waals surface area (Å²) in [7, 11) is 1.46. The van der Waals surface area contributed by atoms with Crippen molar-refractivity contribution in [2.24, 2.45) is 0 Å². The van der Waals surface area contributed by atoms with Gasteiger partial charge in [0, 0.05) is 44.3 Å². The number of hydrogen-bond donors (Lipinski definition) is 1. The summed E-state index contributed by atoms with van der Waals surface area (Å²) in [5.74, 6) is 0. The van der Waals surface area contributed by atoms with E-state index in [0.717, 1.165) is 25.6 Å². The van der Waals surface area contributed by atoms with Crippen LogP contribution in [0.2, 0.25) is 0 Å². The van der Waals surface area contributed by atoms with Gasteiger partial charge in [-0.2, -0.15) is 0 Å². The van der Waals surface area contributed by atoms with E-state index in [1.165, 1.54) is 45.9 Å². The van der Waals surface area contributed by atoms with Crippen molar-refractivity contribution in [3.8, 4) is 0 Å². The molecule has 3 aliphatic rings. The number of hydrogen-bond acceptors (Lipinski definition) is 4. The third kappa shape index (κ3) is 3.20. The van der Waals surface area contributed by atoms with E-state index in [1.54, 1.807) is 0 Å². The molecule has 108 valence electrons. The van der Waals surface area contributed by atoms with Gasteiger partial charge in [0.25, 0.3) is 0 Å².